The van der Waals surface area contributed by atoms with Gasteiger partial charge in [0, 0.05) is 6.54 Å². The van der Waals surface area contributed by atoms with Gasteiger partial charge in [-0.1, -0.05) is 94.5 Å². The summed E-state index contributed by atoms with van der Waals surface area (Å²) in [5, 5.41) is 0. The second kappa shape index (κ2) is 18.1. The Morgan fingerprint density at radius 3 is 2.19 bits per heavy atom. The summed E-state index contributed by atoms with van der Waals surface area (Å²) in [6, 6.07) is 9.36. The summed E-state index contributed by atoms with van der Waals surface area (Å²) >= 11 is 0. The van der Waals surface area contributed by atoms with Crippen LogP contribution in [0.25, 0.3) is 6.08 Å². The first-order chi connectivity index (χ1) is 13.1. The summed E-state index contributed by atoms with van der Waals surface area (Å²) < 4.78 is 0. The van der Waals surface area contributed by atoms with Gasteiger partial charge in [-0.05, 0) is 18.6 Å². The molecule has 1 aromatic rings. The summed E-state index contributed by atoms with van der Waals surface area (Å²) in [6.07, 6.45) is 9.50. The first-order valence-corrected chi connectivity index (χ1v) is 9.29. The number of allylic oxidation sites excluding steroid dienone is 5. The molecule has 0 radical (unpaired) electrons. The first-order valence-electron chi connectivity index (χ1n) is 9.29. The molecule has 0 bridgehead atoms. The number of carbonyl (C=O) groups is 2. The lowest BCUT2D eigenvalue weighted by Gasteiger charge is -2.22. The van der Waals surface area contributed by atoms with Crippen LogP contribution in [0.5, 0.6) is 0 Å². The zero-order valence-electron chi connectivity index (χ0n) is 17.3. The monoisotopic (exact) mass is 370 g/mol. The van der Waals surface area contributed by atoms with Crippen LogP contribution >= 0.6 is 0 Å². The first kappa shape index (κ1) is 26.5. The van der Waals surface area contributed by atoms with Crippen LogP contribution in [-0.2, 0) is 9.59 Å². The Hall–Kier alpha value is -2.72. The highest BCUT2D eigenvalue weighted by Gasteiger charge is 2.16. The van der Waals surface area contributed by atoms with Crippen LogP contribution in [0.3, 0.4) is 0 Å². The van der Waals surface area contributed by atoms with Gasteiger partial charge in [-0.3, -0.25) is 9.59 Å². The summed E-state index contributed by atoms with van der Waals surface area (Å²) in [5.74, 6) is -0.306. The van der Waals surface area contributed by atoms with Crippen molar-refractivity contribution in [2.75, 3.05) is 13.1 Å². The summed E-state index contributed by atoms with van der Waals surface area (Å²) in [4.78, 5) is 25.0. The SMILES string of the molecule is C=C/C=C\C=C(/C)CN(C(=O)CN)/C(C=O)=C/c1ccccc1.CC.CC. The van der Waals surface area contributed by atoms with Gasteiger partial charge in [-0.25, -0.2) is 0 Å². The molecule has 0 saturated carbocycles. The highest BCUT2D eigenvalue weighted by Crippen LogP contribution is 2.12. The lowest BCUT2D eigenvalue weighted by Crippen LogP contribution is -2.37. The molecular formula is C23H34N2O2. The van der Waals surface area contributed by atoms with E-state index in [0.29, 0.717) is 12.8 Å². The Kier molecular flexibility index (Phi) is 17.8. The van der Waals surface area contributed by atoms with E-state index in [1.54, 1.807) is 18.2 Å². The maximum absolute atomic E-state index is 12.1. The van der Waals surface area contributed by atoms with E-state index in [1.807, 2.05) is 77.1 Å². The van der Waals surface area contributed by atoms with E-state index in [4.69, 9.17) is 5.73 Å². The summed E-state index contributed by atoms with van der Waals surface area (Å²) in [7, 11) is 0. The maximum Gasteiger partial charge on any atom is 0.241 e. The molecule has 27 heavy (non-hydrogen) atoms. The van der Waals surface area contributed by atoms with Gasteiger partial charge in [0.05, 0.1) is 12.2 Å². The molecule has 0 spiro atoms. The molecule has 1 amide bonds. The summed E-state index contributed by atoms with van der Waals surface area (Å²) in [6.45, 7) is 13.6. The molecule has 0 saturated heterocycles. The Balaban J connectivity index is 0. The van der Waals surface area contributed by atoms with Crippen LogP contribution in [0.2, 0.25) is 0 Å². The topological polar surface area (TPSA) is 63.4 Å². The van der Waals surface area contributed by atoms with Gasteiger partial charge in [-0.15, -0.1) is 0 Å². The Labute approximate surface area is 164 Å². The molecule has 1 rings (SSSR count). The Bertz CT molecular complexity index is 629. The third kappa shape index (κ3) is 11.5. The number of hydrogen-bond acceptors (Lipinski definition) is 3. The average molecular weight is 371 g/mol. The van der Waals surface area contributed by atoms with Gasteiger partial charge in [-0.2, -0.15) is 0 Å². The lowest BCUT2D eigenvalue weighted by atomic mass is 10.1. The van der Waals surface area contributed by atoms with E-state index >= 15 is 0 Å². The fraction of sp³-hybridized carbons (Fsp3) is 0.304. The van der Waals surface area contributed by atoms with Crippen LogP contribution in [0, 0.1) is 0 Å². The third-order valence-corrected chi connectivity index (χ3v) is 3.06. The Morgan fingerprint density at radius 1 is 1.11 bits per heavy atom. The van der Waals surface area contributed by atoms with Crippen LogP contribution in [-0.4, -0.2) is 30.2 Å². The van der Waals surface area contributed by atoms with Gasteiger partial charge in [0.15, 0.2) is 6.29 Å². The van der Waals surface area contributed by atoms with E-state index in [0.717, 1.165) is 11.1 Å². The smallest absolute Gasteiger partial charge is 0.241 e. The number of hydrogen-bond donors (Lipinski definition) is 1. The van der Waals surface area contributed by atoms with Crippen molar-refractivity contribution in [3.63, 3.8) is 0 Å². The minimum Gasteiger partial charge on any atom is -0.322 e. The van der Waals surface area contributed by atoms with Crippen molar-refractivity contribution in [2.45, 2.75) is 34.6 Å². The van der Waals surface area contributed by atoms with Crippen LogP contribution in [0.4, 0.5) is 0 Å². The molecule has 148 valence electrons. The second-order valence-corrected chi connectivity index (χ2v) is 4.92. The molecule has 0 aliphatic heterocycles. The van der Waals surface area contributed by atoms with Crippen molar-refractivity contribution in [2.24, 2.45) is 5.73 Å². The Morgan fingerprint density at radius 2 is 1.70 bits per heavy atom. The average Bonchev–Trinajstić information content (AvgIpc) is 2.73. The predicted molar refractivity (Wildman–Crippen MR) is 117 cm³/mol. The van der Waals surface area contributed by atoms with Crippen LogP contribution in [0.15, 0.2) is 72.5 Å². The number of rotatable bonds is 8. The highest BCUT2D eigenvalue weighted by atomic mass is 16.2. The molecule has 0 aromatic heterocycles. The van der Waals surface area contributed by atoms with E-state index < -0.39 is 0 Å². The molecule has 1 aromatic carbocycles. The zero-order chi connectivity index (χ0) is 21.1. The van der Waals surface area contributed by atoms with Gasteiger partial charge >= 0.3 is 0 Å². The predicted octanol–water partition coefficient (Wildman–Crippen LogP) is 4.75. The lowest BCUT2D eigenvalue weighted by molar-refractivity contribution is -0.128. The van der Waals surface area contributed by atoms with E-state index in [9.17, 15) is 9.59 Å². The third-order valence-electron chi connectivity index (χ3n) is 3.06. The number of nitrogens with two attached hydrogens (primary N) is 1. The fourth-order valence-electron chi connectivity index (χ4n) is 1.93. The highest BCUT2D eigenvalue weighted by molar-refractivity contribution is 5.91. The van der Waals surface area contributed by atoms with E-state index in [1.165, 1.54) is 4.90 Å². The zero-order valence-corrected chi connectivity index (χ0v) is 17.3. The minimum atomic E-state index is -0.306. The molecule has 4 heteroatoms. The van der Waals surface area contributed by atoms with Crippen molar-refractivity contribution < 1.29 is 9.59 Å². The van der Waals surface area contributed by atoms with Crippen molar-refractivity contribution in [3.8, 4) is 0 Å². The van der Waals surface area contributed by atoms with Crippen molar-refractivity contribution >= 4 is 18.3 Å². The number of carbonyl (C=O) groups excluding carboxylic acids is 2. The maximum atomic E-state index is 12.1. The van der Waals surface area contributed by atoms with Crippen LogP contribution < -0.4 is 5.73 Å². The van der Waals surface area contributed by atoms with Crippen molar-refractivity contribution in [1.29, 1.82) is 0 Å². The van der Waals surface area contributed by atoms with E-state index in [2.05, 4.69) is 6.58 Å². The van der Waals surface area contributed by atoms with Crippen LogP contribution in [0.1, 0.15) is 40.2 Å². The standard InChI is InChI=1S/C19H22N2O2.2C2H6/c1-3-4-6-9-16(2)14-21(19(23)13-20)18(15-22)12-17-10-7-5-8-11-17;2*1-2/h3-12,15H,1,13-14,20H2,2H3;2*1-2H3/b6-4-,16-9+,18-12+;;. The normalized spacial score (nSPS) is 10.9. The molecule has 0 fully saturated rings. The van der Waals surface area contributed by atoms with E-state index in [-0.39, 0.29) is 18.1 Å². The molecule has 0 heterocycles. The molecule has 2 N–H and O–H groups in total. The van der Waals surface area contributed by atoms with Gasteiger partial charge in [0.2, 0.25) is 5.91 Å². The minimum absolute atomic E-state index is 0.157. The molecule has 0 aliphatic rings. The van der Waals surface area contributed by atoms with Gasteiger partial charge < -0.3 is 10.6 Å². The summed E-state index contributed by atoms with van der Waals surface area (Å²) in [5.41, 5.74) is 7.53. The number of aldehydes is 1. The van der Waals surface area contributed by atoms with Gasteiger partial charge in [0.1, 0.15) is 0 Å². The molecular weight excluding hydrogens is 336 g/mol. The molecule has 0 atom stereocenters. The van der Waals surface area contributed by atoms with Crippen molar-refractivity contribution in [3.05, 3.63) is 78.0 Å². The molecule has 0 unspecified atom stereocenters. The number of benzene rings is 1. The molecule has 0 aliphatic carbocycles. The number of amides is 1. The largest absolute Gasteiger partial charge is 0.322 e. The van der Waals surface area contributed by atoms with Crippen molar-refractivity contribution in [1.82, 2.24) is 4.90 Å². The van der Waals surface area contributed by atoms with Gasteiger partial charge in [0.25, 0.3) is 0 Å². The fourth-order valence-corrected chi connectivity index (χ4v) is 1.93. The molecule has 4 nitrogen and oxygen atoms in total. The second-order valence-electron chi connectivity index (χ2n) is 4.92. The quantitative estimate of drug-likeness (QED) is 0.408. The number of nitrogens with zero attached hydrogens (tertiary/aromatic N) is 1.